The molecule has 5 nitrogen and oxygen atoms in total. The quantitative estimate of drug-likeness (QED) is 0.716. The molecular formula is C12H15F2N3O2. The van der Waals surface area contributed by atoms with Crippen molar-refractivity contribution in [2.45, 2.75) is 13.0 Å². The van der Waals surface area contributed by atoms with Gasteiger partial charge in [-0.2, -0.15) is 0 Å². The average Bonchev–Trinajstić information content (AvgIpc) is 2.38. The number of nitrogens with one attached hydrogen (secondary N) is 2. The van der Waals surface area contributed by atoms with Crippen LogP contribution in [0.1, 0.15) is 18.5 Å². The maximum Gasteiger partial charge on any atom is 0.239 e. The van der Waals surface area contributed by atoms with Crippen LogP contribution in [0.3, 0.4) is 0 Å². The van der Waals surface area contributed by atoms with Crippen LogP contribution in [-0.4, -0.2) is 24.9 Å². The summed E-state index contributed by atoms with van der Waals surface area (Å²) in [6.45, 7) is 1.03. The summed E-state index contributed by atoms with van der Waals surface area (Å²) in [4.78, 5) is 22.3. The van der Waals surface area contributed by atoms with E-state index in [9.17, 15) is 18.4 Å². The fraction of sp³-hybridized carbons (Fsp3) is 0.333. The zero-order valence-corrected chi connectivity index (χ0v) is 10.4. The molecule has 2 amide bonds. The number of carbonyl (C=O) groups is 2. The van der Waals surface area contributed by atoms with E-state index in [1.165, 1.54) is 6.92 Å². The van der Waals surface area contributed by atoms with Gasteiger partial charge in [0.05, 0.1) is 19.1 Å². The lowest BCUT2D eigenvalue weighted by atomic mass is 10.1. The summed E-state index contributed by atoms with van der Waals surface area (Å²) >= 11 is 0. The number of benzene rings is 1. The van der Waals surface area contributed by atoms with Crippen molar-refractivity contribution in [3.05, 3.63) is 35.4 Å². The monoisotopic (exact) mass is 271 g/mol. The van der Waals surface area contributed by atoms with Crippen molar-refractivity contribution in [3.8, 4) is 0 Å². The maximum absolute atomic E-state index is 13.4. The van der Waals surface area contributed by atoms with E-state index < -0.39 is 29.5 Å². The number of rotatable bonds is 5. The van der Waals surface area contributed by atoms with Crippen LogP contribution >= 0.6 is 0 Å². The van der Waals surface area contributed by atoms with E-state index in [2.05, 4.69) is 10.6 Å². The van der Waals surface area contributed by atoms with Gasteiger partial charge >= 0.3 is 0 Å². The Morgan fingerprint density at radius 2 is 2.00 bits per heavy atom. The first-order valence-corrected chi connectivity index (χ1v) is 5.65. The molecule has 1 aromatic carbocycles. The second kappa shape index (κ2) is 6.79. The summed E-state index contributed by atoms with van der Waals surface area (Å²) in [5, 5.41) is 4.71. The number of halogens is 2. The number of nitrogens with two attached hydrogens (primary N) is 1. The topological polar surface area (TPSA) is 84.2 Å². The molecule has 104 valence electrons. The number of carbonyl (C=O) groups excluding carboxylic acids is 2. The molecule has 0 saturated heterocycles. The zero-order chi connectivity index (χ0) is 14.4. The largest absolute Gasteiger partial charge is 0.348 e. The Morgan fingerprint density at radius 1 is 1.32 bits per heavy atom. The molecule has 0 spiro atoms. The van der Waals surface area contributed by atoms with Crippen LogP contribution < -0.4 is 16.4 Å². The van der Waals surface area contributed by atoms with Gasteiger partial charge in [0.2, 0.25) is 11.8 Å². The Kier molecular flexibility index (Phi) is 5.37. The van der Waals surface area contributed by atoms with Gasteiger partial charge < -0.3 is 16.4 Å². The molecule has 0 aliphatic heterocycles. The van der Waals surface area contributed by atoms with Crippen molar-refractivity contribution in [2.75, 3.05) is 13.1 Å². The lowest BCUT2D eigenvalue weighted by Gasteiger charge is -2.15. The molecule has 0 aliphatic rings. The summed E-state index contributed by atoms with van der Waals surface area (Å²) in [5.41, 5.74) is 5.09. The molecule has 1 aromatic rings. The number of hydrogen-bond donors (Lipinski definition) is 3. The van der Waals surface area contributed by atoms with Crippen LogP contribution in [0.15, 0.2) is 18.2 Å². The Balaban J connectivity index is 2.59. The third-order valence-electron chi connectivity index (χ3n) is 2.43. The highest BCUT2D eigenvalue weighted by Gasteiger charge is 2.14. The smallest absolute Gasteiger partial charge is 0.239 e. The molecule has 1 atom stereocenters. The average molecular weight is 271 g/mol. The second-order valence-electron chi connectivity index (χ2n) is 3.94. The van der Waals surface area contributed by atoms with Gasteiger partial charge in [0, 0.05) is 5.56 Å². The predicted molar refractivity (Wildman–Crippen MR) is 65.0 cm³/mol. The SMILES string of the molecule is CC(NC(=O)CNC(=O)CN)c1cc(F)ccc1F. The van der Waals surface area contributed by atoms with E-state index in [1.54, 1.807) is 0 Å². The van der Waals surface area contributed by atoms with E-state index in [1.807, 2.05) is 0 Å². The summed E-state index contributed by atoms with van der Waals surface area (Å²) in [5.74, 6) is -2.19. The zero-order valence-electron chi connectivity index (χ0n) is 10.4. The van der Waals surface area contributed by atoms with Crippen molar-refractivity contribution in [3.63, 3.8) is 0 Å². The molecule has 0 radical (unpaired) electrons. The normalized spacial score (nSPS) is 11.8. The van der Waals surface area contributed by atoms with Crippen molar-refractivity contribution >= 4 is 11.8 Å². The van der Waals surface area contributed by atoms with Crippen molar-refractivity contribution in [1.29, 1.82) is 0 Å². The van der Waals surface area contributed by atoms with Crippen LogP contribution in [0.4, 0.5) is 8.78 Å². The van der Waals surface area contributed by atoms with Crippen LogP contribution in [0.25, 0.3) is 0 Å². The first-order valence-electron chi connectivity index (χ1n) is 5.65. The Hall–Kier alpha value is -2.02. The highest BCUT2D eigenvalue weighted by atomic mass is 19.1. The lowest BCUT2D eigenvalue weighted by molar-refractivity contribution is -0.125. The standard InChI is InChI=1S/C12H15F2N3O2/c1-7(9-4-8(13)2-3-10(9)14)17-12(19)6-16-11(18)5-15/h2-4,7H,5-6,15H2,1H3,(H,16,18)(H,17,19). The fourth-order valence-corrected chi connectivity index (χ4v) is 1.47. The molecule has 4 N–H and O–H groups in total. The minimum atomic E-state index is -0.710. The third-order valence-corrected chi connectivity index (χ3v) is 2.43. The Morgan fingerprint density at radius 3 is 2.63 bits per heavy atom. The molecular weight excluding hydrogens is 256 g/mol. The molecule has 0 aliphatic carbocycles. The molecule has 0 saturated carbocycles. The molecule has 7 heteroatoms. The third kappa shape index (κ3) is 4.63. The fourth-order valence-electron chi connectivity index (χ4n) is 1.47. The highest BCUT2D eigenvalue weighted by molar-refractivity contribution is 5.85. The van der Waals surface area contributed by atoms with Crippen molar-refractivity contribution < 1.29 is 18.4 Å². The van der Waals surface area contributed by atoms with E-state index in [-0.39, 0.29) is 18.7 Å². The first-order chi connectivity index (χ1) is 8.93. The summed E-state index contributed by atoms with van der Waals surface area (Å²) < 4.78 is 26.4. The van der Waals surface area contributed by atoms with Crippen LogP contribution in [-0.2, 0) is 9.59 Å². The van der Waals surface area contributed by atoms with Gasteiger partial charge in [0.25, 0.3) is 0 Å². The number of amides is 2. The summed E-state index contributed by atoms with van der Waals surface area (Å²) in [7, 11) is 0. The van der Waals surface area contributed by atoms with Gasteiger partial charge in [0.1, 0.15) is 11.6 Å². The van der Waals surface area contributed by atoms with E-state index >= 15 is 0 Å². The van der Waals surface area contributed by atoms with Gasteiger partial charge in [0.15, 0.2) is 0 Å². The summed E-state index contributed by atoms with van der Waals surface area (Å²) in [6, 6.07) is 2.29. The molecule has 0 heterocycles. The lowest BCUT2D eigenvalue weighted by Crippen LogP contribution is -2.40. The van der Waals surface area contributed by atoms with Crippen LogP contribution in [0.5, 0.6) is 0 Å². The highest BCUT2D eigenvalue weighted by Crippen LogP contribution is 2.17. The molecule has 1 rings (SSSR count). The molecule has 1 unspecified atom stereocenters. The molecule has 0 bridgehead atoms. The Labute approximate surface area is 109 Å². The second-order valence-corrected chi connectivity index (χ2v) is 3.94. The van der Waals surface area contributed by atoms with Gasteiger partial charge in [-0.15, -0.1) is 0 Å². The van der Waals surface area contributed by atoms with Gasteiger partial charge in [-0.25, -0.2) is 8.78 Å². The van der Waals surface area contributed by atoms with Gasteiger partial charge in [-0.05, 0) is 25.1 Å². The van der Waals surface area contributed by atoms with Crippen LogP contribution in [0, 0.1) is 11.6 Å². The minimum Gasteiger partial charge on any atom is -0.348 e. The maximum atomic E-state index is 13.4. The molecule has 19 heavy (non-hydrogen) atoms. The molecule has 0 fully saturated rings. The minimum absolute atomic E-state index is 0.0403. The predicted octanol–water partition coefficient (Wildman–Crippen LogP) is 0.217. The van der Waals surface area contributed by atoms with E-state index in [4.69, 9.17) is 5.73 Å². The first kappa shape index (κ1) is 15.0. The van der Waals surface area contributed by atoms with E-state index in [0.29, 0.717) is 0 Å². The van der Waals surface area contributed by atoms with Gasteiger partial charge in [-0.3, -0.25) is 9.59 Å². The summed E-state index contributed by atoms with van der Waals surface area (Å²) in [6.07, 6.45) is 0. The molecule has 0 aromatic heterocycles. The van der Waals surface area contributed by atoms with E-state index in [0.717, 1.165) is 18.2 Å². The van der Waals surface area contributed by atoms with Crippen LogP contribution in [0.2, 0.25) is 0 Å². The van der Waals surface area contributed by atoms with Crippen molar-refractivity contribution in [1.82, 2.24) is 10.6 Å². The number of hydrogen-bond acceptors (Lipinski definition) is 3. The Bertz CT molecular complexity index is 480. The van der Waals surface area contributed by atoms with Gasteiger partial charge in [-0.1, -0.05) is 0 Å². The van der Waals surface area contributed by atoms with Crippen molar-refractivity contribution in [2.24, 2.45) is 5.73 Å².